The summed E-state index contributed by atoms with van der Waals surface area (Å²) in [6.07, 6.45) is -4.00. The second-order valence-electron chi connectivity index (χ2n) is 4.13. The summed E-state index contributed by atoms with van der Waals surface area (Å²) >= 11 is 0. The minimum atomic E-state index is -4.68. The lowest BCUT2D eigenvalue weighted by Crippen LogP contribution is -2.22. The van der Waals surface area contributed by atoms with Crippen molar-refractivity contribution in [3.8, 4) is 6.07 Å². The summed E-state index contributed by atoms with van der Waals surface area (Å²) in [5, 5.41) is 7.52. The highest BCUT2D eigenvalue weighted by molar-refractivity contribution is 8.08. The molecular formula is C10H9F3N2O4S2. The van der Waals surface area contributed by atoms with Crippen LogP contribution in [0.3, 0.4) is 0 Å². The molecular weight excluding hydrogens is 333 g/mol. The zero-order valence-electron chi connectivity index (χ0n) is 10.5. The highest BCUT2D eigenvalue weighted by atomic mass is 32.3. The van der Waals surface area contributed by atoms with E-state index in [1.807, 2.05) is 0 Å². The fourth-order valence-corrected chi connectivity index (χ4v) is 4.38. The Bertz CT molecular complexity index is 793. The Morgan fingerprint density at radius 3 is 2.24 bits per heavy atom. The van der Waals surface area contributed by atoms with E-state index < -0.39 is 47.9 Å². The molecule has 1 N–H and O–H groups in total. The van der Waals surface area contributed by atoms with Crippen molar-refractivity contribution in [1.82, 2.24) is 0 Å². The number of hydrogen-bond donors (Lipinski definition) is 1. The number of alkyl halides is 3. The number of hydrogen-bond acceptors (Lipinski definition) is 5. The summed E-state index contributed by atoms with van der Waals surface area (Å²) in [7, 11) is -8.21. The van der Waals surface area contributed by atoms with E-state index in [1.54, 1.807) is 4.72 Å². The van der Waals surface area contributed by atoms with Crippen LogP contribution in [0, 0.1) is 11.3 Å². The number of benzene rings is 1. The SMILES string of the molecule is CS(=O)(=O)CS(=O)(=O)Nc1ccc(C(F)(F)F)cc1C#N. The van der Waals surface area contributed by atoms with Crippen molar-refractivity contribution in [3.05, 3.63) is 29.3 Å². The van der Waals surface area contributed by atoms with Crippen LogP contribution in [0.1, 0.15) is 11.1 Å². The van der Waals surface area contributed by atoms with Crippen molar-refractivity contribution >= 4 is 25.5 Å². The minimum Gasteiger partial charge on any atom is -0.281 e. The third kappa shape index (κ3) is 5.24. The molecule has 0 spiro atoms. The lowest BCUT2D eigenvalue weighted by atomic mass is 10.1. The van der Waals surface area contributed by atoms with Crippen LogP contribution in [0.5, 0.6) is 0 Å². The van der Waals surface area contributed by atoms with Crippen LogP contribution in [-0.4, -0.2) is 28.2 Å². The number of sulfonamides is 1. The fourth-order valence-electron chi connectivity index (χ4n) is 1.38. The van der Waals surface area contributed by atoms with Gasteiger partial charge >= 0.3 is 6.18 Å². The van der Waals surface area contributed by atoms with Crippen molar-refractivity contribution in [2.75, 3.05) is 16.1 Å². The van der Waals surface area contributed by atoms with Gasteiger partial charge in [0.25, 0.3) is 0 Å². The van der Waals surface area contributed by atoms with Gasteiger partial charge in [-0.25, -0.2) is 16.8 Å². The van der Waals surface area contributed by atoms with Crippen LogP contribution in [0.15, 0.2) is 18.2 Å². The molecule has 0 unspecified atom stereocenters. The van der Waals surface area contributed by atoms with E-state index in [2.05, 4.69) is 0 Å². The van der Waals surface area contributed by atoms with Gasteiger partial charge in [0.2, 0.25) is 10.0 Å². The van der Waals surface area contributed by atoms with E-state index in [1.165, 1.54) is 6.07 Å². The topological polar surface area (TPSA) is 104 Å². The Balaban J connectivity index is 3.20. The average Bonchev–Trinajstić information content (AvgIpc) is 2.23. The third-order valence-corrected chi connectivity index (χ3v) is 5.59. The zero-order chi connectivity index (χ0) is 16.5. The lowest BCUT2D eigenvalue weighted by Gasteiger charge is -2.11. The van der Waals surface area contributed by atoms with Gasteiger partial charge in [0, 0.05) is 6.26 Å². The van der Waals surface area contributed by atoms with Crippen molar-refractivity contribution in [2.45, 2.75) is 6.18 Å². The molecule has 21 heavy (non-hydrogen) atoms. The van der Waals surface area contributed by atoms with Gasteiger partial charge in [-0.1, -0.05) is 0 Å². The van der Waals surface area contributed by atoms with Crippen molar-refractivity contribution in [2.24, 2.45) is 0 Å². The molecule has 0 aliphatic rings. The maximum absolute atomic E-state index is 12.5. The molecule has 1 aromatic carbocycles. The summed E-state index contributed by atoms with van der Waals surface area (Å²) in [6.45, 7) is 0. The Hall–Kier alpha value is -1.80. The summed E-state index contributed by atoms with van der Waals surface area (Å²) in [5.74, 6) is 0. The fraction of sp³-hybridized carbons (Fsp3) is 0.300. The maximum atomic E-state index is 12.5. The van der Waals surface area contributed by atoms with Crippen LogP contribution >= 0.6 is 0 Å². The quantitative estimate of drug-likeness (QED) is 0.889. The van der Waals surface area contributed by atoms with Gasteiger partial charge in [-0.2, -0.15) is 18.4 Å². The minimum absolute atomic E-state index is 0.422. The van der Waals surface area contributed by atoms with Crippen LogP contribution in [-0.2, 0) is 26.0 Å². The van der Waals surface area contributed by atoms with Gasteiger partial charge in [0.1, 0.15) is 6.07 Å². The molecule has 1 aromatic rings. The molecule has 0 saturated carbocycles. The number of anilines is 1. The molecule has 1 rings (SSSR count). The average molecular weight is 342 g/mol. The first-order valence-corrected chi connectivity index (χ1v) is 8.85. The van der Waals surface area contributed by atoms with Crippen LogP contribution in [0.25, 0.3) is 0 Å². The molecule has 0 bridgehead atoms. The molecule has 0 radical (unpaired) electrons. The van der Waals surface area contributed by atoms with Gasteiger partial charge < -0.3 is 0 Å². The van der Waals surface area contributed by atoms with Gasteiger partial charge in [-0.15, -0.1) is 0 Å². The highest BCUT2D eigenvalue weighted by Crippen LogP contribution is 2.31. The van der Waals surface area contributed by atoms with Crippen LogP contribution < -0.4 is 4.72 Å². The van der Waals surface area contributed by atoms with E-state index in [0.717, 1.165) is 6.07 Å². The summed E-state index contributed by atoms with van der Waals surface area (Å²) in [6, 6.07) is 3.22. The molecule has 0 saturated heterocycles. The van der Waals surface area contributed by atoms with E-state index in [0.29, 0.717) is 18.4 Å². The molecule has 11 heteroatoms. The smallest absolute Gasteiger partial charge is 0.281 e. The Labute approximate surface area is 119 Å². The monoisotopic (exact) mass is 342 g/mol. The normalized spacial score (nSPS) is 12.7. The van der Waals surface area contributed by atoms with Crippen LogP contribution in [0.4, 0.5) is 18.9 Å². The number of nitrogens with one attached hydrogen (secondary N) is 1. The summed E-state index contributed by atoms with van der Waals surface area (Å²) < 4.78 is 84.2. The Morgan fingerprint density at radius 1 is 1.24 bits per heavy atom. The Kier molecular flexibility index (Phi) is 4.54. The molecule has 0 fully saturated rings. The van der Waals surface area contributed by atoms with Gasteiger partial charge in [-0.3, -0.25) is 4.72 Å². The first-order chi connectivity index (χ1) is 9.34. The van der Waals surface area contributed by atoms with Crippen molar-refractivity contribution in [3.63, 3.8) is 0 Å². The number of sulfone groups is 1. The Morgan fingerprint density at radius 2 is 1.81 bits per heavy atom. The van der Waals surface area contributed by atoms with Gasteiger partial charge in [0.15, 0.2) is 14.9 Å². The lowest BCUT2D eigenvalue weighted by molar-refractivity contribution is -0.137. The van der Waals surface area contributed by atoms with E-state index in [4.69, 9.17) is 5.26 Å². The highest BCUT2D eigenvalue weighted by Gasteiger charge is 2.31. The molecule has 0 heterocycles. The molecule has 0 amide bonds. The summed E-state index contributed by atoms with van der Waals surface area (Å²) in [4.78, 5) is 0. The first-order valence-electron chi connectivity index (χ1n) is 5.13. The molecule has 6 nitrogen and oxygen atoms in total. The third-order valence-electron chi connectivity index (χ3n) is 2.10. The van der Waals surface area contributed by atoms with Gasteiger partial charge in [0.05, 0.1) is 16.8 Å². The molecule has 0 atom stereocenters. The molecule has 116 valence electrons. The van der Waals surface area contributed by atoms with E-state index in [-0.39, 0.29) is 0 Å². The standard InChI is InChI=1S/C10H9F3N2O4S2/c1-20(16,17)6-21(18,19)15-9-3-2-8(10(11,12)13)4-7(9)5-14/h2-4,15H,6H2,1H3. The second-order valence-corrected chi connectivity index (χ2v) is 8.36. The zero-order valence-corrected chi connectivity index (χ0v) is 12.1. The summed E-state index contributed by atoms with van der Waals surface area (Å²) in [5.41, 5.74) is -2.11. The molecule has 0 aliphatic heterocycles. The largest absolute Gasteiger partial charge is 0.416 e. The molecule has 0 aliphatic carbocycles. The predicted molar refractivity (Wildman–Crippen MR) is 68.4 cm³/mol. The predicted octanol–water partition coefficient (Wildman–Crippen LogP) is 1.32. The van der Waals surface area contributed by atoms with Crippen molar-refractivity contribution in [1.29, 1.82) is 5.26 Å². The maximum Gasteiger partial charge on any atom is 0.416 e. The number of nitrogens with zero attached hydrogens (tertiary/aromatic N) is 1. The number of nitriles is 1. The van der Waals surface area contributed by atoms with Gasteiger partial charge in [-0.05, 0) is 18.2 Å². The van der Waals surface area contributed by atoms with Crippen molar-refractivity contribution < 1.29 is 30.0 Å². The second kappa shape index (κ2) is 5.53. The number of halogens is 3. The first kappa shape index (κ1) is 17.3. The molecule has 0 aromatic heterocycles. The van der Waals surface area contributed by atoms with Crippen LogP contribution in [0.2, 0.25) is 0 Å². The number of rotatable bonds is 4. The van der Waals surface area contributed by atoms with E-state index in [9.17, 15) is 30.0 Å². The van der Waals surface area contributed by atoms with E-state index >= 15 is 0 Å².